The van der Waals surface area contributed by atoms with E-state index in [0.717, 1.165) is 17.7 Å². The summed E-state index contributed by atoms with van der Waals surface area (Å²) >= 11 is 0. The summed E-state index contributed by atoms with van der Waals surface area (Å²) in [5.41, 5.74) is 8.95. The lowest BCUT2D eigenvalue weighted by Gasteiger charge is -2.03. The van der Waals surface area contributed by atoms with Gasteiger partial charge in [-0.15, -0.1) is 12.4 Å². The average molecular weight is 266 g/mol. The van der Waals surface area contributed by atoms with Crippen LogP contribution in [0.3, 0.4) is 0 Å². The molecule has 0 aliphatic rings. The largest absolute Gasteiger partial charge is 0.398 e. The lowest BCUT2D eigenvalue weighted by molar-refractivity contribution is 0.295. The van der Waals surface area contributed by atoms with E-state index in [0.29, 0.717) is 6.61 Å². The summed E-state index contributed by atoms with van der Waals surface area (Å²) in [4.78, 5) is 0. The molecule has 98 valence electrons. The number of benzene rings is 2. The van der Waals surface area contributed by atoms with Crippen LogP contribution >= 0.6 is 12.4 Å². The lowest BCUT2D eigenvalue weighted by atomic mass is 10.0. The number of aliphatic hydroxyl groups excluding tert-OH is 1. The molecule has 3 heteroatoms. The molecule has 0 amide bonds. The average Bonchev–Trinajstić information content (AvgIpc) is 2.41. The van der Waals surface area contributed by atoms with Crippen LogP contribution in [0.1, 0.15) is 13.3 Å². The minimum atomic E-state index is 0. The van der Waals surface area contributed by atoms with Crippen molar-refractivity contribution in [2.24, 2.45) is 0 Å². The van der Waals surface area contributed by atoms with Gasteiger partial charge in [-0.2, -0.15) is 0 Å². The van der Waals surface area contributed by atoms with Crippen LogP contribution in [0.2, 0.25) is 0 Å². The first-order valence-corrected chi connectivity index (χ1v) is 5.80. The van der Waals surface area contributed by atoms with E-state index in [-0.39, 0.29) is 12.4 Å². The summed E-state index contributed by atoms with van der Waals surface area (Å²) in [6.07, 6.45) is 0.875. The van der Waals surface area contributed by atoms with Gasteiger partial charge in [0.25, 0.3) is 0 Å². The van der Waals surface area contributed by atoms with Gasteiger partial charge < -0.3 is 10.8 Å². The van der Waals surface area contributed by atoms with E-state index in [1.54, 1.807) is 0 Å². The second-order valence-corrected chi connectivity index (χ2v) is 3.68. The highest BCUT2D eigenvalue weighted by molar-refractivity contribution is 5.85. The van der Waals surface area contributed by atoms with Crippen molar-refractivity contribution in [2.75, 3.05) is 12.3 Å². The number of nitrogen functional groups attached to an aromatic ring is 1. The van der Waals surface area contributed by atoms with Crippen LogP contribution in [0, 0.1) is 0 Å². The molecule has 0 bridgehead atoms. The summed E-state index contributed by atoms with van der Waals surface area (Å²) in [5, 5.41) is 7.88. The van der Waals surface area contributed by atoms with Gasteiger partial charge in [-0.05, 0) is 18.1 Å². The first kappa shape index (κ1) is 16.5. The van der Waals surface area contributed by atoms with Gasteiger partial charge in [0.05, 0.1) is 0 Å². The van der Waals surface area contributed by atoms with Crippen LogP contribution in [0.25, 0.3) is 11.1 Å². The van der Waals surface area contributed by atoms with E-state index in [2.05, 4.69) is 12.1 Å². The van der Waals surface area contributed by atoms with Gasteiger partial charge in [0, 0.05) is 17.9 Å². The smallest absolute Gasteiger partial charge is 0.0428 e. The monoisotopic (exact) mass is 265 g/mol. The zero-order valence-electron chi connectivity index (χ0n) is 10.5. The zero-order valence-corrected chi connectivity index (χ0v) is 11.4. The minimum absolute atomic E-state index is 0. The SMILES string of the molecule is CCCO.Cl.Nc1ccccc1-c1ccccc1. The molecule has 0 unspecified atom stereocenters. The highest BCUT2D eigenvalue weighted by Gasteiger charge is 1.98. The molecule has 2 aromatic rings. The second-order valence-electron chi connectivity index (χ2n) is 3.68. The molecule has 0 fully saturated rings. The Hall–Kier alpha value is -1.51. The molecule has 0 spiro atoms. The third-order valence-electron chi connectivity index (χ3n) is 2.27. The van der Waals surface area contributed by atoms with Crippen molar-refractivity contribution >= 4 is 18.1 Å². The number of para-hydroxylation sites is 1. The van der Waals surface area contributed by atoms with Crippen molar-refractivity contribution in [1.29, 1.82) is 0 Å². The van der Waals surface area contributed by atoms with E-state index in [1.165, 1.54) is 5.56 Å². The molecular weight excluding hydrogens is 246 g/mol. The number of aliphatic hydroxyl groups is 1. The van der Waals surface area contributed by atoms with Gasteiger partial charge in [0.15, 0.2) is 0 Å². The fraction of sp³-hybridized carbons (Fsp3) is 0.200. The van der Waals surface area contributed by atoms with Gasteiger partial charge >= 0.3 is 0 Å². The van der Waals surface area contributed by atoms with Gasteiger partial charge in [0.1, 0.15) is 0 Å². The van der Waals surface area contributed by atoms with E-state index in [4.69, 9.17) is 10.8 Å². The quantitative estimate of drug-likeness (QED) is 0.813. The Labute approximate surface area is 115 Å². The third kappa shape index (κ3) is 5.21. The van der Waals surface area contributed by atoms with Crippen molar-refractivity contribution in [3.05, 3.63) is 54.6 Å². The first-order chi connectivity index (χ1) is 8.29. The summed E-state index contributed by atoms with van der Waals surface area (Å²) in [6, 6.07) is 18.1. The number of hydrogen-bond donors (Lipinski definition) is 2. The Kier molecular flexibility index (Phi) is 8.71. The van der Waals surface area contributed by atoms with Crippen LogP contribution in [-0.2, 0) is 0 Å². The molecule has 2 aromatic carbocycles. The van der Waals surface area contributed by atoms with Crippen LogP contribution in [0.4, 0.5) is 5.69 Å². The Morgan fingerprint density at radius 2 is 1.44 bits per heavy atom. The lowest BCUT2D eigenvalue weighted by Crippen LogP contribution is -1.88. The number of anilines is 1. The summed E-state index contributed by atoms with van der Waals surface area (Å²) in [5.74, 6) is 0. The fourth-order valence-corrected chi connectivity index (χ4v) is 1.38. The maximum Gasteiger partial charge on any atom is 0.0428 e. The van der Waals surface area contributed by atoms with Gasteiger partial charge in [0.2, 0.25) is 0 Å². The van der Waals surface area contributed by atoms with Crippen LogP contribution < -0.4 is 5.73 Å². The highest BCUT2D eigenvalue weighted by Crippen LogP contribution is 2.24. The molecule has 0 aliphatic heterocycles. The number of rotatable bonds is 2. The molecule has 0 heterocycles. The van der Waals surface area contributed by atoms with E-state index < -0.39 is 0 Å². The van der Waals surface area contributed by atoms with Crippen molar-refractivity contribution in [3.8, 4) is 11.1 Å². The third-order valence-corrected chi connectivity index (χ3v) is 2.27. The highest BCUT2D eigenvalue weighted by atomic mass is 35.5. The van der Waals surface area contributed by atoms with Crippen LogP contribution in [0.15, 0.2) is 54.6 Å². The number of hydrogen-bond acceptors (Lipinski definition) is 2. The number of nitrogens with two attached hydrogens (primary N) is 1. The maximum atomic E-state index is 7.88. The molecule has 0 saturated carbocycles. The van der Waals surface area contributed by atoms with E-state index in [9.17, 15) is 0 Å². The molecule has 2 nitrogen and oxygen atoms in total. The molecule has 3 N–H and O–H groups in total. The standard InChI is InChI=1S/C12H11N.C3H8O.ClH/c13-12-9-5-4-8-11(12)10-6-2-1-3-7-10;1-2-3-4;/h1-9H,13H2;4H,2-3H2,1H3;1H. The first-order valence-electron chi connectivity index (χ1n) is 5.80. The molecule has 0 atom stereocenters. The predicted octanol–water partition coefficient (Wildman–Crippen LogP) is 3.75. The van der Waals surface area contributed by atoms with Crippen molar-refractivity contribution in [3.63, 3.8) is 0 Å². The summed E-state index contributed by atoms with van der Waals surface area (Å²) < 4.78 is 0. The van der Waals surface area contributed by atoms with E-state index >= 15 is 0 Å². The second kappa shape index (κ2) is 9.51. The maximum absolute atomic E-state index is 7.88. The molecule has 0 saturated heterocycles. The predicted molar refractivity (Wildman–Crippen MR) is 80.9 cm³/mol. The molecule has 0 aromatic heterocycles. The van der Waals surface area contributed by atoms with Gasteiger partial charge in [-0.25, -0.2) is 0 Å². The zero-order chi connectivity index (χ0) is 12.5. The fourth-order valence-electron chi connectivity index (χ4n) is 1.38. The Balaban J connectivity index is 0.000000512. The van der Waals surface area contributed by atoms with Crippen LogP contribution in [0.5, 0.6) is 0 Å². The molecule has 2 rings (SSSR count). The Morgan fingerprint density at radius 3 is 1.94 bits per heavy atom. The van der Waals surface area contributed by atoms with Crippen molar-refractivity contribution in [2.45, 2.75) is 13.3 Å². The topological polar surface area (TPSA) is 46.2 Å². The number of halogens is 1. The Bertz CT molecular complexity index is 430. The van der Waals surface area contributed by atoms with Gasteiger partial charge in [-0.3, -0.25) is 0 Å². The molecule has 0 aliphatic carbocycles. The molecular formula is C15H20ClNO. The minimum Gasteiger partial charge on any atom is -0.398 e. The summed E-state index contributed by atoms with van der Waals surface area (Å²) in [6.45, 7) is 2.25. The summed E-state index contributed by atoms with van der Waals surface area (Å²) in [7, 11) is 0. The van der Waals surface area contributed by atoms with Gasteiger partial charge in [-0.1, -0.05) is 55.5 Å². The van der Waals surface area contributed by atoms with Crippen molar-refractivity contribution in [1.82, 2.24) is 0 Å². The normalized spacial score (nSPS) is 8.78. The molecule has 18 heavy (non-hydrogen) atoms. The molecule has 0 radical (unpaired) electrons. The van der Waals surface area contributed by atoms with Crippen LogP contribution in [-0.4, -0.2) is 11.7 Å². The van der Waals surface area contributed by atoms with Crippen molar-refractivity contribution < 1.29 is 5.11 Å². The van der Waals surface area contributed by atoms with E-state index in [1.807, 2.05) is 49.4 Å². The Morgan fingerprint density at radius 1 is 0.944 bits per heavy atom.